The highest BCUT2D eigenvalue weighted by Crippen LogP contribution is 2.20. The van der Waals surface area contributed by atoms with E-state index in [1.54, 1.807) is 0 Å². The predicted molar refractivity (Wildman–Crippen MR) is 294 cm³/mol. The molecule has 0 fully saturated rings. The molecule has 0 saturated carbocycles. The maximum absolute atomic E-state index is 2.31. The van der Waals surface area contributed by atoms with Gasteiger partial charge in [0.05, 0.1) is 0 Å². The third-order valence-electron chi connectivity index (χ3n) is 15.2. The summed E-state index contributed by atoms with van der Waals surface area (Å²) in [5.41, 5.74) is 1.51. The third-order valence-corrected chi connectivity index (χ3v) is 15.2. The maximum atomic E-state index is 2.31. The van der Waals surface area contributed by atoms with E-state index in [0.29, 0.717) is 0 Å². The lowest BCUT2D eigenvalue weighted by Crippen LogP contribution is -1.86. The average molecular weight is 892 g/mol. The highest BCUT2D eigenvalue weighted by Gasteiger charge is 2.00. The standard InChI is InChI=1S/C64H122/c1-2-3-4-5-6-7-8-9-10-11-12-13-14-15-16-17-18-19-20-21-22-23-24-25-26-27-28-29-30-31-32-33-34-35-36-37-38-39-40-41-42-43-44-45-46-47-48-49-50-51-52-53-54-55-56-58-61-64-62-59-57-60-63-64/h57,59-60,62-63H,2-56,58,61H2,1H3. The molecule has 0 nitrogen and oxygen atoms in total. The second kappa shape index (κ2) is 56.5. The zero-order valence-corrected chi connectivity index (χ0v) is 44.7. The summed E-state index contributed by atoms with van der Waals surface area (Å²) in [4.78, 5) is 0. The molecule has 0 aromatic heterocycles. The van der Waals surface area contributed by atoms with Gasteiger partial charge in [-0.1, -0.05) is 390 Å². The topological polar surface area (TPSA) is 0 Å². The van der Waals surface area contributed by atoms with Crippen molar-refractivity contribution in [2.75, 3.05) is 0 Å². The van der Waals surface area contributed by atoms with Gasteiger partial charge in [-0.3, -0.25) is 0 Å². The maximum Gasteiger partial charge on any atom is -0.0279 e. The van der Waals surface area contributed by atoms with Crippen LogP contribution in [0, 0.1) is 0 Å². The molecule has 0 N–H and O–H groups in total. The third kappa shape index (κ3) is 52.2. The lowest BCUT2D eigenvalue weighted by atomic mass is 10.0. The quantitative estimate of drug-likeness (QED) is 0.0572. The first-order valence-electron chi connectivity index (χ1n) is 31.0. The Morgan fingerprint density at radius 2 is 0.312 bits per heavy atom. The second-order valence-corrected chi connectivity index (χ2v) is 21.7. The van der Waals surface area contributed by atoms with E-state index in [9.17, 15) is 0 Å². The van der Waals surface area contributed by atoms with E-state index in [1.165, 1.54) is 372 Å². The number of aryl methyl sites for hydroxylation is 1. The van der Waals surface area contributed by atoms with Gasteiger partial charge in [0.15, 0.2) is 0 Å². The van der Waals surface area contributed by atoms with Crippen LogP contribution in [0.5, 0.6) is 0 Å². The van der Waals surface area contributed by atoms with E-state index in [2.05, 4.69) is 37.3 Å². The summed E-state index contributed by atoms with van der Waals surface area (Å²) in [6, 6.07) is 11.0. The number of benzene rings is 1. The molecule has 0 aliphatic rings. The monoisotopic (exact) mass is 891 g/mol. The van der Waals surface area contributed by atoms with E-state index >= 15 is 0 Å². The fourth-order valence-electron chi connectivity index (χ4n) is 10.6. The van der Waals surface area contributed by atoms with Crippen LogP contribution in [0.3, 0.4) is 0 Å². The first-order chi connectivity index (χ1) is 31.9. The Bertz CT molecular complexity index is 917. The average Bonchev–Trinajstić information content (AvgIpc) is 3.31. The second-order valence-electron chi connectivity index (χ2n) is 21.7. The summed E-state index contributed by atoms with van der Waals surface area (Å²) in [5.74, 6) is 0. The molecule has 0 amide bonds. The minimum atomic E-state index is 1.26. The van der Waals surface area contributed by atoms with Crippen molar-refractivity contribution >= 4 is 0 Å². The number of hydrogen-bond acceptors (Lipinski definition) is 0. The van der Waals surface area contributed by atoms with Crippen molar-refractivity contribution in [1.82, 2.24) is 0 Å². The molecule has 1 aromatic rings. The van der Waals surface area contributed by atoms with Gasteiger partial charge in [0.1, 0.15) is 0 Å². The van der Waals surface area contributed by atoms with Crippen molar-refractivity contribution in [3.63, 3.8) is 0 Å². The molecule has 0 spiro atoms. The number of unbranched alkanes of at least 4 members (excludes halogenated alkanes) is 55. The highest BCUT2D eigenvalue weighted by atomic mass is 14.1. The van der Waals surface area contributed by atoms with Gasteiger partial charge < -0.3 is 0 Å². The molecule has 378 valence electrons. The fraction of sp³-hybridized carbons (Fsp3) is 0.906. The summed E-state index contributed by atoms with van der Waals surface area (Å²) < 4.78 is 0. The molecule has 1 aromatic carbocycles. The van der Waals surface area contributed by atoms with Gasteiger partial charge in [-0.15, -0.1) is 0 Å². The minimum Gasteiger partial charge on any atom is -0.0654 e. The van der Waals surface area contributed by atoms with Crippen molar-refractivity contribution < 1.29 is 0 Å². The minimum absolute atomic E-state index is 1.26. The van der Waals surface area contributed by atoms with Crippen LogP contribution in [0.15, 0.2) is 30.3 Å². The Hall–Kier alpha value is -0.780. The molecule has 0 atom stereocenters. The van der Waals surface area contributed by atoms with Gasteiger partial charge in [-0.2, -0.15) is 0 Å². The van der Waals surface area contributed by atoms with Gasteiger partial charge in [-0.25, -0.2) is 0 Å². The summed E-state index contributed by atoms with van der Waals surface area (Å²) >= 11 is 0. The molecular weight excluding hydrogens is 769 g/mol. The largest absolute Gasteiger partial charge is 0.0654 e. The lowest BCUT2D eigenvalue weighted by Gasteiger charge is -2.05. The van der Waals surface area contributed by atoms with Gasteiger partial charge >= 0.3 is 0 Å². The zero-order chi connectivity index (χ0) is 45.4. The van der Waals surface area contributed by atoms with Crippen LogP contribution in [0.4, 0.5) is 0 Å². The first-order valence-corrected chi connectivity index (χ1v) is 31.0. The molecule has 0 radical (unpaired) electrons. The zero-order valence-electron chi connectivity index (χ0n) is 44.7. The Labute approximate surface area is 407 Å². The molecule has 0 aliphatic heterocycles. The molecule has 0 unspecified atom stereocenters. The Morgan fingerprint density at radius 1 is 0.172 bits per heavy atom. The van der Waals surface area contributed by atoms with E-state index < -0.39 is 0 Å². The summed E-state index contributed by atoms with van der Waals surface area (Å²) in [7, 11) is 0. The summed E-state index contributed by atoms with van der Waals surface area (Å²) in [5, 5.41) is 0. The van der Waals surface area contributed by atoms with E-state index in [4.69, 9.17) is 0 Å². The normalized spacial score (nSPS) is 11.6. The number of hydrogen-bond donors (Lipinski definition) is 0. The number of rotatable bonds is 57. The van der Waals surface area contributed by atoms with Crippen LogP contribution >= 0.6 is 0 Å². The van der Waals surface area contributed by atoms with Gasteiger partial charge in [-0.05, 0) is 18.4 Å². The molecule has 0 saturated heterocycles. The molecule has 0 aliphatic carbocycles. The highest BCUT2D eigenvalue weighted by molar-refractivity contribution is 5.14. The smallest absolute Gasteiger partial charge is 0.0279 e. The van der Waals surface area contributed by atoms with Crippen molar-refractivity contribution in [3.05, 3.63) is 35.9 Å². The Balaban J connectivity index is 1.59. The van der Waals surface area contributed by atoms with Crippen molar-refractivity contribution in [3.8, 4) is 0 Å². The fourth-order valence-corrected chi connectivity index (χ4v) is 10.6. The van der Waals surface area contributed by atoms with Crippen LogP contribution in [0.25, 0.3) is 0 Å². The molecule has 1 rings (SSSR count). The summed E-state index contributed by atoms with van der Waals surface area (Å²) in [6.45, 7) is 2.31. The van der Waals surface area contributed by atoms with E-state index in [1.807, 2.05) is 0 Å². The lowest BCUT2D eigenvalue weighted by molar-refractivity contribution is 0.507. The predicted octanol–water partition coefficient (Wildman–Crippen LogP) is 24.1. The Kier molecular flexibility index (Phi) is 54.1. The van der Waals surface area contributed by atoms with Crippen LogP contribution in [0.2, 0.25) is 0 Å². The SMILES string of the molecule is CCCCCCCCCCCCCCCCCCCCCCCCCCCCCCCCCCCCCCCCCCCCCCCCCCCCCCCCCCc1ccccc1. The van der Waals surface area contributed by atoms with Crippen LogP contribution < -0.4 is 0 Å². The molecule has 0 heterocycles. The van der Waals surface area contributed by atoms with E-state index in [0.717, 1.165) is 0 Å². The first kappa shape index (κ1) is 61.2. The molecular formula is C64H122. The van der Waals surface area contributed by atoms with Gasteiger partial charge in [0, 0.05) is 0 Å². The van der Waals surface area contributed by atoms with Crippen molar-refractivity contribution in [2.24, 2.45) is 0 Å². The summed E-state index contributed by atoms with van der Waals surface area (Å²) in [6.07, 6.45) is 84.3. The van der Waals surface area contributed by atoms with Gasteiger partial charge in [0.25, 0.3) is 0 Å². The van der Waals surface area contributed by atoms with Crippen molar-refractivity contribution in [1.29, 1.82) is 0 Å². The van der Waals surface area contributed by atoms with Crippen LogP contribution in [0.1, 0.15) is 372 Å². The van der Waals surface area contributed by atoms with Crippen molar-refractivity contribution in [2.45, 2.75) is 373 Å². The van der Waals surface area contributed by atoms with Gasteiger partial charge in [0.2, 0.25) is 0 Å². The van der Waals surface area contributed by atoms with Crippen LogP contribution in [-0.2, 0) is 6.42 Å². The Morgan fingerprint density at radius 3 is 0.469 bits per heavy atom. The molecule has 0 bridgehead atoms. The van der Waals surface area contributed by atoms with E-state index in [-0.39, 0.29) is 0 Å². The molecule has 64 heavy (non-hydrogen) atoms. The molecule has 0 heteroatoms. The van der Waals surface area contributed by atoms with Crippen LogP contribution in [-0.4, -0.2) is 0 Å².